The third-order valence-corrected chi connectivity index (χ3v) is 5.54. The van der Waals surface area contributed by atoms with Crippen molar-refractivity contribution in [1.82, 2.24) is 9.80 Å². The van der Waals surface area contributed by atoms with Crippen molar-refractivity contribution in [2.75, 3.05) is 26.2 Å². The normalized spacial score (nSPS) is 21.2. The van der Waals surface area contributed by atoms with Crippen molar-refractivity contribution in [1.29, 1.82) is 0 Å². The molecular weight excluding hydrogens is 300 g/mol. The van der Waals surface area contributed by atoms with Crippen LogP contribution in [0.3, 0.4) is 0 Å². The number of para-hydroxylation sites is 1. The van der Waals surface area contributed by atoms with Gasteiger partial charge in [0.1, 0.15) is 11.9 Å². The summed E-state index contributed by atoms with van der Waals surface area (Å²) in [6, 6.07) is 9.13. The Bertz CT molecular complexity index is 530. The first-order valence-corrected chi connectivity index (χ1v) is 9.36. The maximum atomic E-state index is 10.9. The van der Waals surface area contributed by atoms with Crippen molar-refractivity contribution in [3.63, 3.8) is 0 Å². The number of hydrogen-bond donors (Lipinski definition) is 0. The molecular formula is C20H30N2O2. The average molecular weight is 330 g/mol. The van der Waals surface area contributed by atoms with Crippen LogP contribution in [0.5, 0.6) is 5.75 Å². The largest absolute Gasteiger partial charge is 0.490 e. The van der Waals surface area contributed by atoms with E-state index in [9.17, 15) is 4.79 Å². The van der Waals surface area contributed by atoms with Crippen molar-refractivity contribution in [2.45, 2.75) is 57.6 Å². The van der Waals surface area contributed by atoms with Crippen molar-refractivity contribution in [3.8, 4) is 5.75 Å². The van der Waals surface area contributed by atoms with Crippen LogP contribution in [0, 0.1) is 0 Å². The Hall–Kier alpha value is -1.55. The fourth-order valence-corrected chi connectivity index (χ4v) is 3.93. The van der Waals surface area contributed by atoms with Gasteiger partial charge in [-0.1, -0.05) is 18.2 Å². The fraction of sp³-hybridized carbons (Fsp3) is 0.650. The second-order valence-electron chi connectivity index (χ2n) is 7.40. The van der Waals surface area contributed by atoms with E-state index in [0.717, 1.165) is 64.0 Å². The van der Waals surface area contributed by atoms with E-state index in [-0.39, 0.29) is 0 Å². The van der Waals surface area contributed by atoms with Crippen molar-refractivity contribution >= 4 is 6.41 Å². The quantitative estimate of drug-likeness (QED) is 0.777. The number of carbonyl (C=O) groups is 1. The van der Waals surface area contributed by atoms with Gasteiger partial charge in [0.15, 0.2) is 0 Å². The number of amides is 1. The van der Waals surface area contributed by atoms with E-state index in [1.54, 1.807) is 0 Å². The van der Waals surface area contributed by atoms with Crippen molar-refractivity contribution in [3.05, 3.63) is 29.8 Å². The molecule has 0 aromatic heterocycles. The second kappa shape index (κ2) is 8.02. The van der Waals surface area contributed by atoms with Crippen LogP contribution in [0.25, 0.3) is 0 Å². The summed E-state index contributed by atoms with van der Waals surface area (Å²) in [6.45, 7) is 8.50. The van der Waals surface area contributed by atoms with E-state index in [0.29, 0.717) is 18.1 Å². The lowest BCUT2D eigenvalue weighted by molar-refractivity contribution is -0.119. The van der Waals surface area contributed by atoms with Crippen LogP contribution < -0.4 is 4.74 Å². The number of likely N-dealkylation sites (tertiary alicyclic amines) is 2. The molecule has 1 aromatic rings. The molecule has 2 saturated heterocycles. The number of piperidine rings is 2. The molecule has 1 amide bonds. The summed E-state index contributed by atoms with van der Waals surface area (Å²) in [5.74, 6) is 1.57. The summed E-state index contributed by atoms with van der Waals surface area (Å²) in [4.78, 5) is 15.3. The monoisotopic (exact) mass is 330 g/mol. The molecule has 0 unspecified atom stereocenters. The first-order chi connectivity index (χ1) is 11.7. The topological polar surface area (TPSA) is 32.8 Å². The van der Waals surface area contributed by atoms with Gasteiger partial charge in [-0.2, -0.15) is 0 Å². The molecule has 132 valence electrons. The van der Waals surface area contributed by atoms with E-state index in [2.05, 4.69) is 43.0 Å². The molecule has 0 saturated carbocycles. The lowest BCUT2D eigenvalue weighted by Gasteiger charge is -2.35. The van der Waals surface area contributed by atoms with Crippen LogP contribution in [0.15, 0.2) is 24.3 Å². The Balaban J connectivity index is 1.62. The number of nitrogens with zero attached hydrogens (tertiary/aromatic N) is 2. The minimum atomic E-state index is 0.330. The highest BCUT2D eigenvalue weighted by Crippen LogP contribution is 2.35. The molecule has 2 aliphatic heterocycles. The Kier molecular flexibility index (Phi) is 5.77. The first-order valence-electron chi connectivity index (χ1n) is 9.36. The molecule has 3 rings (SSSR count). The summed E-state index contributed by atoms with van der Waals surface area (Å²) in [5.41, 5.74) is 1.33. The summed E-state index contributed by atoms with van der Waals surface area (Å²) < 4.78 is 6.41. The molecule has 2 aliphatic rings. The molecule has 0 spiro atoms. The summed E-state index contributed by atoms with van der Waals surface area (Å²) >= 11 is 0. The van der Waals surface area contributed by atoms with E-state index < -0.39 is 0 Å². The molecule has 1 aromatic carbocycles. The van der Waals surface area contributed by atoms with E-state index in [1.165, 1.54) is 5.56 Å². The number of carbonyl (C=O) groups excluding carboxylic acids is 1. The highest BCUT2D eigenvalue weighted by molar-refractivity contribution is 5.47. The van der Waals surface area contributed by atoms with Crippen molar-refractivity contribution < 1.29 is 9.53 Å². The van der Waals surface area contributed by atoms with Crippen LogP contribution in [0.1, 0.15) is 51.0 Å². The van der Waals surface area contributed by atoms with Gasteiger partial charge in [-0.25, -0.2) is 0 Å². The maximum absolute atomic E-state index is 10.9. The molecule has 0 N–H and O–H groups in total. The molecule has 24 heavy (non-hydrogen) atoms. The molecule has 0 aliphatic carbocycles. The van der Waals surface area contributed by atoms with Gasteiger partial charge >= 0.3 is 0 Å². The molecule has 4 heteroatoms. The molecule has 2 heterocycles. The Morgan fingerprint density at radius 1 is 1.04 bits per heavy atom. The Labute approximate surface area is 145 Å². The van der Waals surface area contributed by atoms with Gasteiger partial charge in [0, 0.05) is 32.2 Å². The SMILES string of the molecule is CC(C)N1CCC(Oc2ccccc2C2CCN(C=O)CC2)CC1. The fourth-order valence-electron chi connectivity index (χ4n) is 3.93. The van der Waals surface area contributed by atoms with Crippen LogP contribution in [0.2, 0.25) is 0 Å². The van der Waals surface area contributed by atoms with Gasteiger partial charge in [-0.05, 0) is 57.1 Å². The minimum absolute atomic E-state index is 0.330. The zero-order valence-electron chi connectivity index (χ0n) is 15.0. The van der Waals surface area contributed by atoms with E-state index in [1.807, 2.05) is 4.90 Å². The molecule has 4 nitrogen and oxygen atoms in total. The van der Waals surface area contributed by atoms with Crippen LogP contribution in [0.4, 0.5) is 0 Å². The molecule has 0 radical (unpaired) electrons. The van der Waals surface area contributed by atoms with Gasteiger partial charge in [0.05, 0.1) is 0 Å². The molecule has 0 atom stereocenters. The smallest absolute Gasteiger partial charge is 0.209 e. The van der Waals surface area contributed by atoms with Gasteiger partial charge < -0.3 is 14.5 Å². The zero-order chi connectivity index (χ0) is 16.9. The molecule has 2 fully saturated rings. The van der Waals surface area contributed by atoms with Crippen LogP contribution in [-0.4, -0.2) is 54.5 Å². The zero-order valence-corrected chi connectivity index (χ0v) is 15.0. The van der Waals surface area contributed by atoms with E-state index >= 15 is 0 Å². The van der Waals surface area contributed by atoms with Crippen LogP contribution in [-0.2, 0) is 4.79 Å². The Morgan fingerprint density at radius 2 is 1.71 bits per heavy atom. The third-order valence-electron chi connectivity index (χ3n) is 5.54. The minimum Gasteiger partial charge on any atom is -0.490 e. The number of rotatable bonds is 5. The maximum Gasteiger partial charge on any atom is 0.209 e. The predicted molar refractivity (Wildman–Crippen MR) is 96.4 cm³/mol. The Morgan fingerprint density at radius 3 is 2.33 bits per heavy atom. The summed E-state index contributed by atoms with van der Waals surface area (Å²) in [6.07, 6.45) is 5.58. The van der Waals surface area contributed by atoms with Gasteiger partial charge in [0.2, 0.25) is 6.41 Å². The van der Waals surface area contributed by atoms with Gasteiger partial charge in [-0.15, -0.1) is 0 Å². The second-order valence-corrected chi connectivity index (χ2v) is 7.40. The van der Waals surface area contributed by atoms with Gasteiger partial charge in [-0.3, -0.25) is 4.79 Å². The predicted octanol–water partition coefficient (Wildman–Crippen LogP) is 3.27. The van der Waals surface area contributed by atoms with Gasteiger partial charge in [0.25, 0.3) is 0 Å². The third kappa shape index (κ3) is 4.10. The molecule has 0 bridgehead atoms. The van der Waals surface area contributed by atoms with Crippen LogP contribution >= 0.6 is 0 Å². The van der Waals surface area contributed by atoms with Crippen molar-refractivity contribution in [2.24, 2.45) is 0 Å². The summed E-state index contributed by atoms with van der Waals surface area (Å²) in [5, 5.41) is 0. The highest BCUT2D eigenvalue weighted by Gasteiger charge is 2.25. The lowest BCUT2D eigenvalue weighted by atomic mass is 9.89. The number of benzene rings is 1. The number of ether oxygens (including phenoxy) is 1. The number of hydrogen-bond acceptors (Lipinski definition) is 3. The summed E-state index contributed by atoms with van der Waals surface area (Å²) in [7, 11) is 0. The average Bonchev–Trinajstić information content (AvgIpc) is 2.63. The first kappa shape index (κ1) is 17.3. The van der Waals surface area contributed by atoms with E-state index in [4.69, 9.17) is 4.74 Å². The highest BCUT2D eigenvalue weighted by atomic mass is 16.5. The standard InChI is InChI=1S/C20H30N2O2/c1-16(2)22-13-9-18(10-14-22)24-20-6-4-3-5-19(20)17-7-11-21(15-23)12-8-17/h3-6,15-18H,7-14H2,1-2H3. The lowest BCUT2D eigenvalue weighted by Crippen LogP contribution is -2.41.